The molecule has 0 amide bonds. The molecule has 0 saturated heterocycles. The van der Waals surface area contributed by atoms with Crippen molar-refractivity contribution in [3.8, 4) is 0 Å². The first kappa shape index (κ1) is 8.37. The first-order valence-corrected chi connectivity index (χ1v) is 3.64. The monoisotopic (exact) mass is 159 g/mol. The summed E-state index contributed by atoms with van der Waals surface area (Å²) in [4.78, 5) is 2.69. The van der Waals surface area contributed by atoms with Crippen LogP contribution in [0.15, 0.2) is 35.5 Å². The maximum Gasteiger partial charge on any atom is 0.0375 e. The Bertz CT molecular complexity index is 318. The summed E-state index contributed by atoms with van der Waals surface area (Å²) in [5.74, 6) is 0. The van der Waals surface area contributed by atoms with Gasteiger partial charge in [0.15, 0.2) is 0 Å². The first-order chi connectivity index (χ1) is 5.86. The van der Waals surface area contributed by atoms with Gasteiger partial charge in [-0.15, -0.1) is 0 Å². The average molecular weight is 159 g/mol. The van der Waals surface area contributed by atoms with Crippen LogP contribution in [0.4, 0.5) is 5.69 Å². The number of nitrogens with zero attached hydrogens (tertiary/aromatic N) is 3. The Morgan fingerprint density at radius 3 is 2.50 bits per heavy atom. The van der Waals surface area contributed by atoms with Crippen molar-refractivity contribution in [1.82, 2.24) is 0 Å². The van der Waals surface area contributed by atoms with E-state index in [0.29, 0.717) is 5.69 Å². The second-order valence-corrected chi connectivity index (χ2v) is 2.28. The minimum atomic E-state index is 0.644. The Labute approximate surface area is 71.0 Å². The second-order valence-electron chi connectivity index (χ2n) is 2.28. The topological polar surface area (TPSA) is 48.8 Å². The first-order valence-electron chi connectivity index (χ1n) is 3.64. The summed E-state index contributed by atoms with van der Waals surface area (Å²) in [6.45, 7) is 1.96. The molecule has 0 N–H and O–H groups in total. The second kappa shape index (κ2) is 4.21. The third-order valence-electron chi connectivity index (χ3n) is 1.41. The van der Waals surface area contributed by atoms with Crippen LogP contribution in [0.2, 0.25) is 0 Å². The molecule has 0 unspecified atom stereocenters. The number of rotatable bonds is 2. The third kappa shape index (κ3) is 2.15. The lowest BCUT2D eigenvalue weighted by atomic mass is 10.2. The van der Waals surface area contributed by atoms with Crippen LogP contribution in [0.5, 0.6) is 0 Å². The molecule has 3 nitrogen and oxygen atoms in total. The highest BCUT2D eigenvalue weighted by atomic mass is 15.1. The van der Waals surface area contributed by atoms with Crippen molar-refractivity contribution >= 4 is 11.8 Å². The van der Waals surface area contributed by atoms with E-state index in [4.69, 9.17) is 5.53 Å². The Hall–Kier alpha value is -1.73. The molecule has 1 aromatic carbocycles. The predicted octanol–water partition coefficient (Wildman–Crippen LogP) is 3.66. The number of hydrogen-bond acceptors (Lipinski definition) is 1. The van der Waals surface area contributed by atoms with E-state index in [2.05, 4.69) is 10.0 Å². The quantitative estimate of drug-likeness (QED) is 0.359. The lowest BCUT2D eigenvalue weighted by Gasteiger charge is -1.92. The van der Waals surface area contributed by atoms with E-state index >= 15 is 0 Å². The van der Waals surface area contributed by atoms with Crippen molar-refractivity contribution in [2.24, 2.45) is 5.11 Å². The maximum absolute atomic E-state index is 8.14. The molecule has 60 valence electrons. The van der Waals surface area contributed by atoms with Crippen molar-refractivity contribution in [3.05, 3.63) is 46.3 Å². The molecule has 0 bridgehead atoms. The van der Waals surface area contributed by atoms with Crippen LogP contribution < -0.4 is 0 Å². The molecule has 0 fully saturated rings. The van der Waals surface area contributed by atoms with Crippen LogP contribution in [-0.4, -0.2) is 0 Å². The van der Waals surface area contributed by atoms with Gasteiger partial charge in [0.1, 0.15) is 0 Å². The molecule has 1 aromatic rings. The average Bonchev–Trinajstić information content (AvgIpc) is 2.09. The van der Waals surface area contributed by atoms with Gasteiger partial charge in [0.25, 0.3) is 0 Å². The third-order valence-corrected chi connectivity index (χ3v) is 1.41. The lowest BCUT2D eigenvalue weighted by molar-refractivity contribution is 1.47. The Morgan fingerprint density at radius 1 is 1.33 bits per heavy atom. The molecule has 0 aliphatic heterocycles. The largest absolute Gasteiger partial charge is 0.0871 e. The summed E-state index contributed by atoms with van der Waals surface area (Å²) in [6.07, 6.45) is 3.95. The van der Waals surface area contributed by atoms with Gasteiger partial charge < -0.3 is 0 Å². The number of azide groups is 1. The summed E-state index contributed by atoms with van der Waals surface area (Å²) in [5, 5.41) is 3.46. The Balaban J connectivity index is 2.92. The van der Waals surface area contributed by atoms with Gasteiger partial charge in [-0.25, -0.2) is 0 Å². The normalized spacial score (nSPS) is 9.75. The molecule has 0 aromatic heterocycles. The summed E-state index contributed by atoms with van der Waals surface area (Å²) in [5.41, 5.74) is 9.89. The van der Waals surface area contributed by atoms with Crippen molar-refractivity contribution in [2.45, 2.75) is 6.92 Å². The van der Waals surface area contributed by atoms with E-state index in [0.717, 1.165) is 5.56 Å². The summed E-state index contributed by atoms with van der Waals surface area (Å²) >= 11 is 0. The molecule has 0 heterocycles. The minimum Gasteiger partial charge on any atom is -0.0871 e. The molecule has 0 spiro atoms. The molecule has 0 saturated carbocycles. The van der Waals surface area contributed by atoms with E-state index < -0.39 is 0 Å². The number of hydrogen-bond donors (Lipinski definition) is 0. The Kier molecular flexibility index (Phi) is 2.94. The number of allylic oxidation sites excluding steroid dienone is 1. The van der Waals surface area contributed by atoms with Crippen molar-refractivity contribution in [1.29, 1.82) is 0 Å². The van der Waals surface area contributed by atoms with E-state index in [9.17, 15) is 0 Å². The van der Waals surface area contributed by atoms with Crippen LogP contribution in [0.1, 0.15) is 12.5 Å². The van der Waals surface area contributed by atoms with Crippen LogP contribution >= 0.6 is 0 Å². The highest BCUT2D eigenvalue weighted by Gasteiger charge is 1.86. The zero-order chi connectivity index (χ0) is 8.81. The van der Waals surface area contributed by atoms with Gasteiger partial charge >= 0.3 is 0 Å². The van der Waals surface area contributed by atoms with Crippen molar-refractivity contribution in [3.63, 3.8) is 0 Å². The van der Waals surface area contributed by atoms with Crippen LogP contribution in [0.3, 0.4) is 0 Å². The molecule has 0 atom stereocenters. The fourth-order valence-corrected chi connectivity index (χ4v) is 0.896. The lowest BCUT2D eigenvalue weighted by Crippen LogP contribution is -1.68. The van der Waals surface area contributed by atoms with Gasteiger partial charge in [-0.3, -0.25) is 0 Å². The fraction of sp³-hybridized carbons (Fsp3) is 0.111. The minimum absolute atomic E-state index is 0.644. The Morgan fingerprint density at radius 2 is 2.00 bits per heavy atom. The van der Waals surface area contributed by atoms with E-state index in [1.165, 1.54) is 0 Å². The fourth-order valence-electron chi connectivity index (χ4n) is 0.896. The summed E-state index contributed by atoms with van der Waals surface area (Å²) < 4.78 is 0. The van der Waals surface area contributed by atoms with Crippen molar-refractivity contribution < 1.29 is 0 Å². The summed E-state index contributed by atoms with van der Waals surface area (Å²) in [7, 11) is 0. The van der Waals surface area contributed by atoms with Gasteiger partial charge in [0.05, 0.1) is 0 Å². The molecule has 0 aliphatic carbocycles. The van der Waals surface area contributed by atoms with E-state index in [1.807, 2.05) is 31.2 Å². The molecule has 12 heavy (non-hydrogen) atoms. The van der Waals surface area contributed by atoms with Crippen LogP contribution in [-0.2, 0) is 0 Å². The maximum atomic E-state index is 8.14. The van der Waals surface area contributed by atoms with E-state index in [-0.39, 0.29) is 0 Å². The van der Waals surface area contributed by atoms with Gasteiger partial charge in [0, 0.05) is 10.6 Å². The highest BCUT2D eigenvalue weighted by molar-refractivity contribution is 5.52. The highest BCUT2D eigenvalue weighted by Crippen LogP contribution is 2.13. The zero-order valence-electron chi connectivity index (χ0n) is 6.81. The standard InChI is InChI=1S/C9H9N3/c1-2-3-8-4-6-9(7-5-8)11-12-10/h2-7H,1H3/b3-2+. The predicted molar refractivity (Wildman–Crippen MR) is 50.0 cm³/mol. The van der Waals surface area contributed by atoms with Gasteiger partial charge in [-0.2, -0.15) is 0 Å². The van der Waals surface area contributed by atoms with Gasteiger partial charge in [-0.05, 0) is 18.0 Å². The molecule has 0 radical (unpaired) electrons. The summed E-state index contributed by atoms with van der Waals surface area (Å²) in [6, 6.07) is 7.39. The smallest absolute Gasteiger partial charge is 0.0375 e. The van der Waals surface area contributed by atoms with Crippen LogP contribution in [0.25, 0.3) is 16.5 Å². The molecule has 3 heteroatoms. The molecular formula is C9H9N3. The SMILES string of the molecule is C/C=C/c1ccc(N=[N+]=[N-])cc1. The molecule has 1 rings (SSSR count). The number of benzene rings is 1. The molecule has 0 aliphatic rings. The van der Waals surface area contributed by atoms with E-state index in [1.54, 1.807) is 12.1 Å². The van der Waals surface area contributed by atoms with Crippen molar-refractivity contribution in [2.75, 3.05) is 0 Å². The van der Waals surface area contributed by atoms with Crippen LogP contribution in [0, 0.1) is 0 Å². The van der Waals surface area contributed by atoms with Gasteiger partial charge in [-0.1, -0.05) is 41.5 Å². The molecular weight excluding hydrogens is 150 g/mol. The zero-order valence-corrected chi connectivity index (χ0v) is 6.81. The van der Waals surface area contributed by atoms with Gasteiger partial charge in [0.2, 0.25) is 0 Å².